The monoisotopic (exact) mass is 285 g/mol. The van der Waals surface area contributed by atoms with Gasteiger partial charge in [-0.3, -0.25) is 10.1 Å². The van der Waals surface area contributed by atoms with Crippen molar-refractivity contribution < 1.29 is 9.53 Å². The molecule has 0 saturated heterocycles. The minimum atomic E-state index is -0.176. The number of carbonyl (C=O) groups excluding carboxylic acids is 1. The van der Waals surface area contributed by atoms with Crippen molar-refractivity contribution in [3.05, 3.63) is 0 Å². The van der Waals surface area contributed by atoms with Crippen molar-refractivity contribution in [3.8, 4) is 0 Å². The fourth-order valence-electron chi connectivity index (χ4n) is 2.20. The van der Waals surface area contributed by atoms with Crippen LogP contribution in [-0.4, -0.2) is 24.2 Å². The van der Waals surface area contributed by atoms with Crippen LogP contribution in [-0.2, 0) is 9.53 Å². The first-order valence-corrected chi connectivity index (χ1v) is 7.99. The highest BCUT2D eigenvalue weighted by Gasteiger charge is 2.24. The zero-order valence-corrected chi connectivity index (χ0v) is 14.6. The normalized spacial score (nSPS) is 14.2. The maximum absolute atomic E-state index is 12.0. The Labute approximate surface area is 125 Å². The van der Waals surface area contributed by atoms with Crippen molar-refractivity contribution in [2.24, 2.45) is 5.41 Å². The average Bonchev–Trinajstić information content (AvgIpc) is 2.24. The van der Waals surface area contributed by atoms with E-state index in [0.29, 0.717) is 12.0 Å². The van der Waals surface area contributed by atoms with Crippen molar-refractivity contribution in [3.63, 3.8) is 0 Å². The smallest absolute Gasteiger partial charge is 0.323 e. The predicted molar refractivity (Wildman–Crippen MR) is 85.8 cm³/mol. The first-order chi connectivity index (χ1) is 9.05. The number of unbranched alkanes of at least 4 members (excludes halogenated alkanes) is 2. The van der Waals surface area contributed by atoms with Crippen LogP contribution in [0.4, 0.5) is 0 Å². The SMILES string of the molecule is CCOC(=O)C(CCCCCC(C)(C)C)NC(C)(C)C. The molecular weight excluding hydrogens is 250 g/mol. The maximum Gasteiger partial charge on any atom is 0.323 e. The molecule has 3 nitrogen and oxygen atoms in total. The molecule has 0 fully saturated rings. The topological polar surface area (TPSA) is 38.3 Å². The van der Waals surface area contributed by atoms with Gasteiger partial charge in [0.25, 0.3) is 0 Å². The average molecular weight is 285 g/mol. The van der Waals surface area contributed by atoms with E-state index < -0.39 is 0 Å². The van der Waals surface area contributed by atoms with Crippen LogP contribution < -0.4 is 5.32 Å². The third kappa shape index (κ3) is 11.3. The Morgan fingerprint density at radius 3 is 2.10 bits per heavy atom. The van der Waals surface area contributed by atoms with Crippen molar-refractivity contribution in [1.82, 2.24) is 5.32 Å². The summed E-state index contributed by atoms with van der Waals surface area (Å²) in [5, 5.41) is 3.37. The Hall–Kier alpha value is -0.570. The Bertz CT molecular complexity index is 274. The lowest BCUT2D eigenvalue weighted by Gasteiger charge is -2.27. The van der Waals surface area contributed by atoms with Gasteiger partial charge in [-0.15, -0.1) is 0 Å². The maximum atomic E-state index is 12.0. The van der Waals surface area contributed by atoms with Gasteiger partial charge < -0.3 is 4.74 Å². The van der Waals surface area contributed by atoms with Crippen molar-refractivity contribution in [1.29, 1.82) is 0 Å². The highest BCUT2D eigenvalue weighted by Crippen LogP contribution is 2.22. The predicted octanol–water partition coefficient (Wildman–Crippen LogP) is 4.30. The number of hydrogen-bond donors (Lipinski definition) is 1. The zero-order chi connectivity index (χ0) is 15.8. The van der Waals surface area contributed by atoms with E-state index in [0.717, 1.165) is 12.8 Å². The summed E-state index contributed by atoms with van der Waals surface area (Å²) in [6, 6.07) is -0.176. The van der Waals surface area contributed by atoms with Crippen LogP contribution in [0.2, 0.25) is 0 Å². The summed E-state index contributed by atoms with van der Waals surface area (Å²) in [6.45, 7) is 15.4. The summed E-state index contributed by atoms with van der Waals surface area (Å²) in [6.07, 6.45) is 5.58. The third-order valence-corrected chi connectivity index (χ3v) is 3.10. The molecule has 0 saturated carbocycles. The van der Waals surface area contributed by atoms with Crippen LogP contribution in [0.25, 0.3) is 0 Å². The van der Waals surface area contributed by atoms with Gasteiger partial charge in [0.2, 0.25) is 0 Å². The standard InChI is InChI=1S/C17H35NO2/c1-8-20-15(19)14(18-17(5,6)7)12-10-9-11-13-16(2,3)4/h14,18H,8-13H2,1-7H3. The molecule has 0 radical (unpaired) electrons. The molecule has 0 aliphatic heterocycles. The van der Waals surface area contributed by atoms with Crippen molar-refractivity contribution in [2.75, 3.05) is 6.61 Å². The molecule has 1 N–H and O–H groups in total. The minimum Gasteiger partial charge on any atom is -0.465 e. The van der Waals surface area contributed by atoms with Gasteiger partial charge >= 0.3 is 5.97 Å². The van der Waals surface area contributed by atoms with Gasteiger partial charge in [-0.2, -0.15) is 0 Å². The molecule has 0 bridgehead atoms. The van der Waals surface area contributed by atoms with E-state index in [1.165, 1.54) is 19.3 Å². The minimum absolute atomic E-state index is 0.0666. The lowest BCUT2D eigenvalue weighted by atomic mass is 9.89. The van der Waals surface area contributed by atoms with Gasteiger partial charge in [-0.25, -0.2) is 0 Å². The van der Waals surface area contributed by atoms with Crippen LogP contribution in [0.5, 0.6) is 0 Å². The molecule has 0 aliphatic rings. The molecule has 0 amide bonds. The van der Waals surface area contributed by atoms with Crippen LogP contribution in [0, 0.1) is 5.41 Å². The summed E-state index contributed by atoms with van der Waals surface area (Å²) >= 11 is 0. The Balaban J connectivity index is 4.13. The van der Waals surface area contributed by atoms with Crippen molar-refractivity contribution >= 4 is 5.97 Å². The molecule has 1 atom stereocenters. The summed E-state index contributed by atoms with van der Waals surface area (Å²) in [5.74, 6) is -0.113. The Morgan fingerprint density at radius 2 is 1.65 bits per heavy atom. The number of nitrogens with one attached hydrogen (secondary N) is 1. The number of hydrogen-bond acceptors (Lipinski definition) is 3. The lowest BCUT2D eigenvalue weighted by molar-refractivity contribution is -0.146. The molecule has 0 aromatic rings. The van der Waals surface area contributed by atoms with E-state index >= 15 is 0 Å². The van der Waals surface area contributed by atoms with E-state index in [4.69, 9.17) is 4.74 Å². The molecule has 120 valence electrons. The van der Waals surface area contributed by atoms with Crippen LogP contribution in [0.1, 0.15) is 80.6 Å². The second-order valence-electron chi connectivity index (χ2n) is 7.86. The number of rotatable bonds is 8. The van der Waals surface area contributed by atoms with Crippen LogP contribution in [0.3, 0.4) is 0 Å². The lowest BCUT2D eigenvalue weighted by Crippen LogP contribution is -2.48. The highest BCUT2D eigenvalue weighted by molar-refractivity contribution is 5.75. The van der Waals surface area contributed by atoms with Gasteiger partial charge in [0.15, 0.2) is 0 Å². The van der Waals surface area contributed by atoms with Gasteiger partial charge in [0.1, 0.15) is 6.04 Å². The zero-order valence-electron chi connectivity index (χ0n) is 14.6. The van der Waals surface area contributed by atoms with Crippen LogP contribution >= 0.6 is 0 Å². The summed E-state index contributed by atoms with van der Waals surface area (Å²) in [7, 11) is 0. The van der Waals surface area contributed by atoms with Gasteiger partial charge in [-0.1, -0.05) is 40.0 Å². The molecule has 3 heteroatoms. The summed E-state index contributed by atoms with van der Waals surface area (Å²) < 4.78 is 5.16. The van der Waals surface area contributed by atoms with Gasteiger partial charge in [0.05, 0.1) is 6.61 Å². The van der Waals surface area contributed by atoms with E-state index in [9.17, 15) is 4.79 Å². The second kappa shape index (κ2) is 8.66. The van der Waals surface area contributed by atoms with Crippen LogP contribution in [0.15, 0.2) is 0 Å². The number of ether oxygens (including phenoxy) is 1. The summed E-state index contributed by atoms with van der Waals surface area (Å²) in [4.78, 5) is 12.0. The second-order valence-corrected chi connectivity index (χ2v) is 7.86. The Morgan fingerprint density at radius 1 is 1.05 bits per heavy atom. The number of esters is 1. The molecular formula is C17H35NO2. The molecule has 0 spiro atoms. The van der Waals surface area contributed by atoms with Gasteiger partial charge in [0, 0.05) is 5.54 Å². The van der Waals surface area contributed by atoms with E-state index in [-0.39, 0.29) is 17.6 Å². The molecule has 20 heavy (non-hydrogen) atoms. The molecule has 0 heterocycles. The summed E-state index contributed by atoms with van der Waals surface area (Å²) in [5.41, 5.74) is 0.340. The Kier molecular flexibility index (Phi) is 8.41. The molecule has 0 rings (SSSR count). The highest BCUT2D eigenvalue weighted by atomic mass is 16.5. The molecule has 0 aromatic carbocycles. The fourth-order valence-corrected chi connectivity index (χ4v) is 2.20. The molecule has 0 aliphatic carbocycles. The van der Waals surface area contributed by atoms with Crippen molar-refractivity contribution in [2.45, 2.75) is 92.2 Å². The first kappa shape index (κ1) is 19.4. The molecule has 1 unspecified atom stereocenters. The fraction of sp³-hybridized carbons (Fsp3) is 0.941. The first-order valence-electron chi connectivity index (χ1n) is 7.99. The van der Waals surface area contributed by atoms with E-state index in [2.05, 4.69) is 46.9 Å². The largest absolute Gasteiger partial charge is 0.465 e. The quantitative estimate of drug-likeness (QED) is 0.533. The molecule has 0 aromatic heterocycles. The number of carbonyl (C=O) groups is 1. The van der Waals surface area contributed by atoms with E-state index in [1.807, 2.05) is 6.92 Å². The third-order valence-electron chi connectivity index (χ3n) is 3.10. The van der Waals surface area contributed by atoms with E-state index in [1.54, 1.807) is 0 Å². The van der Waals surface area contributed by atoms with Gasteiger partial charge in [-0.05, 0) is 46.0 Å².